The highest BCUT2D eigenvalue weighted by Crippen LogP contribution is 2.38. The third kappa shape index (κ3) is 5.25. The first-order valence-corrected chi connectivity index (χ1v) is 10.5. The summed E-state index contributed by atoms with van der Waals surface area (Å²) < 4.78 is 45.6. The van der Waals surface area contributed by atoms with Crippen molar-refractivity contribution in [2.75, 3.05) is 7.11 Å². The molecule has 0 aromatic heterocycles. The van der Waals surface area contributed by atoms with Gasteiger partial charge in [0.2, 0.25) is 5.91 Å². The summed E-state index contributed by atoms with van der Waals surface area (Å²) >= 11 is 10.8. The van der Waals surface area contributed by atoms with Gasteiger partial charge in [-0.25, -0.2) is 9.18 Å². The van der Waals surface area contributed by atoms with Crippen LogP contribution in [0, 0.1) is 5.82 Å². The highest BCUT2D eigenvalue weighted by Gasteiger charge is 2.54. The van der Waals surface area contributed by atoms with Crippen molar-refractivity contribution in [1.82, 2.24) is 10.6 Å². The number of alkyl halides is 3. The Morgan fingerprint density at radius 3 is 2.39 bits per heavy atom. The van der Waals surface area contributed by atoms with Gasteiger partial charge in [0.15, 0.2) is 0 Å². The number of esters is 1. The molecule has 1 atom stereocenters. The smallest absolute Gasteiger partial charge is 0.399 e. The lowest BCUT2D eigenvalue weighted by Gasteiger charge is -2.22. The van der Waals surface area contributed by atoms with Crippen molar-refractivity contribution in [1.29, 1.82) is 0 Å². The summed E-state index contributed by atoms with van der Waals surface area (Å²) in [6.45, 7) is 1.50. The number of benzene rings is 2. The van der Waals surface area contributed by atoms with Crippen LogP contribution in [-0.2, 0) is 14.3 Å². The summed E-state index contributed by atoms with van der Waals surface area (Å²) in [5.41, 5.74) is -0.599. The zero-order valence-corrected chi connectivity index (χ0v) is 19.0. The van der Waals surface area contributed by atoms with E-state index in [1.54, 1.807) is 18.2 Å². The Morgan fingerprint density at radius 2 is 1.85 bits per heavy atom. The van der Waals surface area contributed by atoms with E-state index in [9.17, 15) is 27.6 Å². The van der Waals surface area contributed by atoms with E-state index >= 15 is 0 Å². The molecular formula is C22H19Cl2F3N2O4. The van der Waals surface area contributed by atoms with Gasteiger partial charge in [0.1, 0.15) is 11.4 Å². The molecule has 1 aliphatic rings. The van der Waals surface area contributed by atoms with E-state index in [-0.39, 0.29) is 29.0 Å². The largest absolute Gasteiger partial charge is 0.465 e. The molecule has 0 spiro atoms. The van der Waals surface area contributed by atoms with Gasteiger partial charge in [0, 0.05) is 5.56 Å². The van der Waals surface area contributed by atoms with Gasteiger partial charge in [-0.3, -0.25) is 9.59 Å². The Bertz CT molecular complexity index is 1120. The molecule has 0 heterocycles. The molecule has 11 heteroatoms. The Balaban J connectivity index is 1.80. The van der Waals surface area contributed by atoms with E-state index in [1.165, 1.54) is 32.2 Å². The minimum atomic E-state index is -4.15. The van der Waals surface area contributed by atoms with E-state index in [2.05, 4.69) is 5.32 Å². The second kappa shape index (κ2) is 9.23. The van der Waals surface area contributed by atoms with Gasteiger partial charge in [-0.15, -0.1) is 0 Å². The van der Waals surface area contributed by atoms with Gasteiger partial charge >= 0.3 is 17.3 Å². The maximum Gasteiger partial charge on any atom is 0.399 e. The highest BCUT2D eigenvalue weighted by molar-refractivity contribution is 6.34. The van der Waals surface area contributed by atoms with Crippen LogP contribution in [0.25, 0.3) is 11.1 Å². The van der Waals surface area contributed by atoms with Gasteiger partial charge in [0.25, 0.3) is 0 Å². The summed E-state index contributed by atoms with van der Waals surface area (Å²) in [5, 5.41) is 0.477. The quantitative estimate of drug-likeness (QED) is 0.428. The van der Waals surface area contributed by atoms with Crippen molar-refractivity contribution in [3.8, 4) is 11.1 Å². The number of nitrogens with one attached hydrogen (secondary N) is 2. The second-order valence-corrected chi connectivity index (χ2v) is 8.50. The lowest BCUT2D eigenvalue weighted by Crippen LogP contribution is -2.52. The molecule has 0 aliphatic heterocycles. The molecule has 6 nitrogen and oxygen atoms in total. The molecule has 176 valence electrons. The predicted octanol–water partition coefficient (Wildman–Crippen LogP) is 4.59. The number of hydrogen-bond donors (Lipinski definition) is 2. The van der Waals surface area contributed by atoms with Crippen LogP contribution in [-0.4, -0.2) is 35.8 Å². The van der Waals surface area contributed by atoms with Crippen LogP contribution in [0.15, 0.2) is 36.4 Å². The monoisotopic (exact) mass is 502 g/mol. The lowest BCUT2D eigenvalue weighted by molar-refractivity contribution is -0.139. The summed E-state index contributed by atoms with van der Waals surface area (Å²) in [5.74, 6) is -3.87. The Kier molecular flexibility index (Phi) is 6.95. The van der Waals surface area contributed by atoms with Crippen LogP contribution in [0.1, 0.15) is 41.7 Å². The second-order valence-electron chi connectivity index (χ2n) is 7.62. The molecule has 0 radical (unpaired) electrons. The molecule has 2 amide bonds. The van der Waals surface area contributed by atoms with E-state index < -0.39 is 40.6 Å². The molecule has 1 aliphatic carbocycles. The molecule has 1 fully saturated rings. The molecule has 0 unspecified atom stereocenters. The molecule has 2 aromatic rings. The van der Waals surface area contributed by atoms with E-state index in [0.717, 1.165) is 0 Å². The third-order valence-electron chi connectivity index (χ3n) is 5.32. The minimum absolute atomic E-state index is 0.0812. The molecule has 0 bridgehead atoms. The van der Waals surface area contributed by atoms with E-state index in [4.69, 9.17) is 27.9 Å². The van der Waals surface area contributed by atoms with Crippen molar-refractivity contribution in [3.63, 3.8) is 0 Å². The molecule has 2 aromatic carbocycles. The van der Waals surface area contributed by atoms with Crippen LogP contribution in [0.4, 0.5) is 13.2 Å². The number of ether oxygens (including phenoxy) is 1. The van der Waals surface area contributed by atoms with Crippen LogP contribution in [0.2, 0.25) is 5.02 Å². The number of carbonyl (C=O) groups is 3. The molecule has 33 heavy (non-hydrogen) atoms. The van der Waals surface area contributed by atoms with Crippen LogP contribution in [0.5, 0.6) is 0 Å². The first kappa shape index (κ1) is 24.9. The summed E-state index contributed by atoms with van der Waals surface area (Å²) in [4.78, 5) is 36.1. The SMILES string of the molecule is COC(=O)c1c(Cl)cccc1-c1ccc([C@@H](C)NC(=O)C2(NC(=O)C(F)(F)Cl)CC2)c(F)c1. The fourth-order valence-electron chi connectivity index (χ4n) is 3.35. The van der Waals surface area contributed by atoms with Crippen molar-refractivity contribution >= 4 is 41.0 Å². The zero-order valence-electron chi connectivity index (χ0n) is 17.5. The first-order valence-electron chi connectivity index (χ1n) is 9.76. The minimum Gasteiger partial charge on any atom is -0.465 e. The van der Waals surface area contributed by atoms with Crippen LogP contribution < -0.4 is 10.6 Å². The standard InChI is InChI=1S/C22H19Cl2F3N2O4/c1-11(28-19(31)21(8-9-21)29-20(32)22(24,26)27)13-7-6-12(10-16(13)25)14-4-3-5-15(23)17(14)18(30)33-2/h3-7,10-11H,8-9H2,1-2H3,(H,28,31)(H,29,32)/t11-/m1/s1. The van der Waals surface area contributed by atoms with Crippen molar-refractivity contribution in [2.24, 2.45) is 0 Å². The molecule has 0 saturated heterocycles. The molecular weight excluding hydrogens is 484 g/mol. The van der Waals surface area contributed by atoms with E-state index in [1.807, 2.05) is 5.32 Å². The Labute approximate surface area is 197 Å². The molecule has 2 N–H and O–H groups in total. The van der Waals surface area contributed by atoms with Gasteiger partial charge in [-0.05, 0) is 54.6 Å². The number of rotatable bonds is 7. The number of methoxy groups -OCH3 is 1. The van der Waals surface area contributed by atoms with Gasteiger partial charge in [-0.2, -0.15) is 8.78 Å². The van der Waals surface area contributed by atoms with Gasteiger partial charge in [0.05, 0.1) is 23.7 Å². The topological polar surface area (TPSA) is 84.5 Å². The highest BCUT2D eigenvalue weighted by atomic mass is 35.5. The summed E-state index contributed by atoms with van der Waals surface area (Å²) in [6.07, 6.45) is 0.299. The number of carbonyl (C=O) groups excluding carboxylic acids is 3. The van der Waals surface area contributed by atoms with Crippen molar-refractivity contribution < 1.29 is 32.3 Å². The van der Waals surface area contributed by atoms with Crippen molar-refractivity contribution in [3.05, 3.63) is 58.4 Å². The number of halogens is 5. The average Bonchev–Trinajstić information content (AvgIpc) is 3.52. The van der Waals surface area contributed by atoms with Crippen molar-refractivity contribution in [2.45, 2.75) is 36.7 Å². The predicted molar refractivity (Wildman–Crippen MR) is 116 cm³/mol. The fraction of sp³-hybridized carbons (Fsp3) is 0.318. The Hall–Kier alpha value is -2.78. The van der Waals surface area contributed by atoms with Crippen LogP contribution >= 0.6 is 23.2 Å². The Morgan fingerprint density at radius 1 is 1.18 bits per heavy atom. The average molecular weight is 503 g/mol. The summed E-state index contributed by atoms with van der Waals surface area (Å²) in [7, 11) is 1.20. The third-order valence-corrected chi connectivity index (χ3v) is 5.81. The number of hydrogen-bond acceptors (Lipinski definition) is 4. The lowest BCUT2D eigenvalue weighted by atomic mass is 9.96. The maximum absolute atomic E-state index is 14.9. The number of amides is 2. The molecule has 1 saturated carbocycles. The fourth-order valence-corrected chi connectivity index (χ4v) is 3.65. The maximum atomic E-state index is 14.9. The zero-order chi connectivity index (χ0) is 24.6. The van der Waals surface area contributed by atoms with Gasteiger partial charge < -0.3 is 15.4 Å². The van der Waals surface area contributed by atoms with Gasteiger partial charge in [-0.1, -0.05) is 35.9 Å². The molecule has 3 rings (SSSR count). The normalized spacial score (nSPS) is 15.4. The van der Waals surface area contributed by atoms with E-state index in [0.29, 0.717) is 11.1 Å². The summed E-state index contributed by atoms with van der Waals surface area (Å²) in [6, 6.07) is 7.99. The first-order chi connectivity index (χ1) is 15.4. The van der Waals surface area contributed by atoms with Crippen LogP contribution in [0.3, 0.4) is 0 Å².